The minimum absolute atomic E-state index is 0.0711. The number of carboxylic acids is 2. The molecule has 0 fully saturated rings. The van der Waals surface area contributed by atoms with Crippen LogP contribution in [0.5, 0.6) is 0 Å². The van der Waals surface area contributed by atoms with E-state index in [0.717, 1.165) is 11.3 Å². The predicted octanol–water partition coefficient (Wildman–Crippen LogP) is 1.91. The van der Waals surface area contributed by atoms with Gasteiger partial charge in [-0.15, -0.1) is 0 Å². The fourth-order valence-corrected chi connectivity index (χ4v) is 3.32. The lowest BCUT2D eigenvalue weighted by atomic mass is 9.94. The number of aliphatic carboxylic acids is 2. The second-order valence-corrected chi connectivity index (χ2v) is 8.43. The van der Waals surface area contributed by atoms with Gasteiger partial charge in [0.1, 0.15) is 17.7 Å². The smallest absolute Gasteiger partial charge is 0.408 e. The maximum Gasteiger partial charge on any atom is 0.408 e. The number of amides is 2. The monoisotopic (exact) mass is 435 g/mol. The van der Waals surface area contributed by atoms with Crippen molar-refractivity contribution in [3.05, 3.63) is 29.8 Å². The van der Waals surface area contributed by atoms with Gasteiger partial charge in [-0.3, -0.25) is 4.79 Å². The van der Waals surface area contributed by atoms with Gasteiger partial charge in [-0.05, 0) is 45.2 Å². The van der Waals surface area contributed by atoms with Gasteiger partial charge in [0.25, 0.3) is 0 Å². The number of carbonyl (C=O) groups excluding carboxylic acids is 2. The first-order valence-corrected chi connectivity index (χ1v) is 10.0. The van der Waals surface area contributed by atoms with Crippen molar-refractivity contribution < 1.29 is 34.1 Å². The highest BCUT2D eigenvalue weighted by atomic mass is 16.6. The lowest BCUT2D eigenvalue weighted by molar-refractivity contribution is -0.143. The molecule has 1 aliphatic heterocycles. The summed E-state index contributed by atoms with van der Waals surface area (Å²) in [7, 11) is 0. The number of benzene rings is 1. The van der Waals surface area contributed by atoms with Gasteiger partial charge in [-0.25, -0.2) is 14.4 Å². The maximum absolute atomic E-state index is 12.3. The number of hydrogen-bond acceptors (Lipinski definition) is 6. The molecule has 10 nitrogen and oxygen atoms in total. The topological polar surface area (TPSA) is 154 Å². The minimum atomic E-state index is -1.34. The van der Waals surface area contributed by atoms with E-state index in [-0.39, 0.29) is 25.2 Å². The maximum atomic E-state index is 12.3. The fraction of sp³-hybridized carbons (Fsp3) is 0.524. The second-order valence-electron chi connectivity index (χ2n) is 8.43. The zero-order chi connectivity index (χ0) is 23.2. The largest absolute Gasteiger partial charge is 0.480 e. The van der Waals surface area contributed by atoms with Crippen molar-refractivity contribution in [2.45, 2.75) is 63.6 Å². The van der Waals surface area contributed by atoms with Crippen LogP contribution in [0.3, 0.4) is 0 Å². The van der Waals surface area contributed by atoms with Gasteiger partial charge in [-0.1, -0.05) is 18.2 Å². The zero-order valence-corrected chi connectivity index (χ0v) is 17.8. The molecule has 0 bridgehead atoms. The Morgan fingerprint density at radius 1 is 1.10 bits per heavy atom. The number of ether oxygens (including phenoxy) is 1. The molecular formula is C21H29N3O7. The number of alkyl carbamates (subject to hydrolysis) is 1. The first kappa shape index (κ1) is 24.0. The highest BCUT2D eigenvalue weighted by Gasteiger charge is 2.30. The van der Waals surface area contributed by atoms with E-state index in [0.29, 0.717) is 6.54 Å². The lowest BCUT2D eigenvalue weighted by Crippen LogP contribution is -2.45. The van der Waals surface area contributed by atoms with Gasteiger partial charge in [0.15, 0.2) is 0 Å². The van der Waals surface area contributed by atoms with E-state index in [4.69, 9.17) is 4.74 Å². The summed E-state index contributed by atoms with van der Waals surface area (Å²) in [6.45, 7) is 5.49. The Balaban J connectivity index is 1.90. The molecule has 0 spiro atoms. The van der Waals surface area contributed by atoms with Crippen LogP contribution in [-0.4, -0.2) is 58.4 Å². The van der Waals surface area contributed by atoms with Crippen LogP contribution in [-0.2, 0) is 19.1 Å². The summed E-state index contributed by atoms with van der Waals surface area (Å²) in [5.41, 5.74) is 1.14. The van der Waals surface area contributed by atoms with Gasteiger partial charge in [0, 0.05) is 24.6 Å². The Labute approximate surface area is 180 Å². The number of carboxylic acid groups (broad SMARTS) is 2. The SMILES string of the molecule is CC(C)(C)OC(=O)N[C@H](CCC(=O)N[C@H](CC1CNc2ccccc21)C(=O)O)C(=O)O. The first-order valence-electron chi connectivity index (χ1n) is 10.0. The number of carbonyl (C=O) groups is 4. The molecule has 0 saturated heterocycles. The molecule has 5 N–H and O–H groups in total. The predicted molar refractivity (Wildman–Crippen MR) is 112 cm³/mol. The van der Waals surface area contributed by atoms with E-state index in [2.05, 4.69) is 16.0 Å². The van der Waals surface area contributed by atoms with E-state index < -0.39 is 41.6 Å². The number of nitrogens with one attached hydrogen (secondary N) is 3. The molecule has 10 heteroatoms. The average Bonchev–Trinajstić information content (AvgIpc) is 3.06. The Bertz CT molecular complexity index is 835. The molecule has 1 aliphatic rings. The molecule has 31 heavy (non-hydrogen) atoms. The molecule has 1 aromatic rings. The van der Waals surface area contributed by atoms with E-state index >= 15 is 0 Å². The van der Waals surface area contributed by atoms with Crippen molar-refractivity contribution in [3.8, 4) is 0 Å². The van der Waals surface area contributed by atoms with Crippen LogP contribution in [0.15, 0.2) is 24.3 Å². The van der Waals surface area contributed by atoms with Crippen LogP contribution in [0.2, 0.25) is 0 Å². The highest BCUT2D eigenvalue weighted by Crippen LogP contribution is 2.34. The minimum Gasteiger partial charge on any atom is -0.480 e. The molecule has 3 atom stereocenters. The summed E-state index contributed by atoms with van der Waals surface area (Å²) in [5, 5.41) is 26.7. The summed E-state index contributed by atoms with van der Waals surface area (Å²) in [6, 6.07) is 5.13. The fourth-order valence-electron chi connectivity index (χ4n) is 3.32. The van der Waals surface area contributed by atoms with Gasteiger partial charge in [0.05, 0.1) is 0 Å². The molecule has 1 heterocycles. The highest BCUT2D eigenvalue weighted by molar-refractivity contribution is 5.85. The van der Waals surface area contributed by atoms with Crippen LogP contribution in [0, 0.1) is 0 Å². The van der Waals surface area contributed by atoms with Crippen LogP contribution in [0.1, 0.15) is 51.5 Å². The van der Waals surface area contributed by atoms with Crippen molar-refractivity contribution in [1.82, 2.24) is 10.6 Å². The number of rotatable bonds is 9. The summed E-state index contributed by atoms with van der Waals surface area (Å²) >= 11 is 0. The molecule has 1 unspecified atom stereocenters. The van der Waals surface area contributed by atoms with Gasteiger partial charge < -0.3 is 30.9 Å². The van der Waals surface area contributed by atoms with Crippen molar-refractivity contribution in [2.24, 2.45) is 0 Å². The van der Waals surface area contributed by atoms with Crippen LogP contribution < -0.4 is 16.0 Å². The van der Waals surface area contributed by atoms with E-state index in [9.17, 15) is 29.4 Å². The van der Waals surface area contributed by atoms with Crippen LogP contribution in [0.4, 0.5) is 10.5 Å². The van der Waals surface area contributed by atoms with Crippen molar-refractivity contribution in [3.63, 3.8) is 0 Å². The molecule has 170 valence electrons. The van der Waals surface area contributed by atoms with Crippen molar-refractivity contribution >= 4 is 29.6 Å². The summed E-state index contributed by atoms with van der Waals surface area (Å²) in [5.74, 6) is -3.16. The molecule has 2 rings (SSSR count). The average molecular weight is 435 g/mol. The Morgan fingerprint density at radius 2 is 1.74 bits per heavy atom. The van der Waals surface area contributed by atoms with Crippen molar-refractivity contribution in [2.75, 3.05) is 11.9 Å². The molecule has 1 aromatic carbocycles. The number of hydrogen-bond donors (Lipinski definition) is 5. The molecule has 0 radical (unpaired) electrons. The molecular weight excluding hydrogens is 406 g/mol. The Kier molecular flexibility index (Phi) is 7.84. The molecule has 0 aliphatic carbocycles. The zero-order valence-electron chi connectivity index (χ0n) is 17.8. The second kappa shape index (κ2) is 10.1. The Morgan fingerprint density at radius 3 is 2.35 bits per heavy atom. The number of anilines is 1. The van der Waals surface area contributed by atoms with Crippen LogP contribution >= 0.6 is 0 Å². The molecule has 2 amide bonds. The van der Waals surface area contributed by atoms with Gasteiger partial charge >= 0.3 is 18.0 Å². The molecule has 0 aromatic heterocycles. The third kappa shape index (κ3) is 7.47. The third-order valence-corrected chi connectivity index (χ3v) is 4.74. The normalized spacial score (nSPS) is 16.9. The lowest BCUT2D eigenvalue weighted by Gasteiger charge is -2.22. The summed E-state index contributed by atoms with van der Waals surface area (Å²) < 4.78 is 5.03. The number of fused-ring (bicyclic) bond motifs is 1. The van der Waals surface area contributed by atoms with Crippen LogP contribution in [0.25, 0.3) is 0 Å². The quantitative estimate of drug-likeness (QED) is 0.394. The Hall–Kier alpha value is -3.30. The van der Waals surface area contributed by atoms with E-state index in [1.165, 1.54) is 0 Å². The third-order valence-electron chi connectivity index (χ3n) is 4.74. The van der Waals surface area contributed by atoms with Gasteiger partial charge in [0.2, 0.25) is 5.91 Å². The number of para-hydroxylation sites is 1. The van der Waals surface area contributed by atoms with Crippen molar-refractivity contribution in [1.29, 1.82) is 0 Å². The van der Waals surface area contributed by atoms with Gasteiger partial charge in [-0.2, -0.15) is 0 Å². The van der Waals surface area contributed by atoms with E-state index in [1.54, 1.807) is 20.8 Å². The van der Waals surface area contributed by atoms with E-state index in [1.807, 2.05) is 24.3 Å². The standard InChI is InChI=1S/C21H29N3O7/c1-21(2,3)31-20(30)24-15(18(26)27)8-9-17(25)23-16(19(28)29)10-12-11-22-14-7-5-4-6-13(12)14/h4-7,12,15-16,22H,8-11H2,1-3H3,(H,23,25)(H,24,30)(H,26,27)(H,28,29)/t12?,15-,16-/m1/s1. The molecule has 0 saturated carbocycles. The first-order chi connectivity index (χ1) is 14.5. The summed E-state index contributed by atoms with van der Waals surface area (Å²) in [6.07, 6.45) is -1.18. The summed E-state index contributed by atoms with van der Waals surface area (Å²) in [4.78, 5) is 47.1.